The second-order valence-electron chi connectivity index (χ2n) is 5.56. The Balaban J connectivity index is 2.43. The van der Waals surface area contributed by atoms with E-state index in [0.717, 1.165) is 0 Å². The molecule has 0 bridgehead atoms. The Kier molecular flexibility index (Phi) is 5.26. The fourth-order valence-electron chi connectivity index (χ4n) is 2.07. The Hall–Kier alpha value is -2.08. The van der Waals surface area contributed by atoms with Crippen LogP contribution < -0.4 is 0 Å². The molecule has 2 rings (SSSR count). The molecule has 0 saturated heterocycles. The Morgan fingerprint density at radius 1 is 1.30 bits per heavy atom. The molecule has 0 amide bonds. The van der Waals surface area contributed by atoms with Crippen LogP contribution in [0.25, 0.3) is 5.65 Å². The summed E-state index contributed by atoms with van der Waals surface area (Å²) in [6.07, 6.45) is 1.45. The van der Waals surface area contributed by atoms with Gasteiger partial charge in [0.05, 0.1) is 18.8 Å². The van der Waals surface area contributed by atoms with Crippen LogP contribution in [-0.4, -0.2) is 34.5 Å². The zero-order valence-corrected chi connectivity index (χ0v) is 14.3. The number of hydrogen-bond acceptors (Lipinski definition) is 5. The highest BCUT2D eigenvalue weighted by Crippen LogP contribution is 2.24. The molecule has 0 aromatic carbocycles. The Labute approximate surface area is 139 Å². The summed E-state index contributed by atoms with van der Waals surface area (Å²) in [5, 5.41) is 0.164. The van der Waals surface area contributed by atoms with Gasteiger partial charge in [-0.2, -0.15) is 0 Å². The molecular formula is C16H19ClN2O4. The van der Waals surface area contributed by atoms with Crippen LogP contribution in [0.1, 0.15) is 47.2 Å². The van der Waals surface area contributed by atoms with Gasteiger partial charge in [0, 0.05) is 6.20 Å². The van der Waals surface area contributed by atoms with Gasteiger partial charge in [-0.3, -0.25) is 4.40 Å². The fourth-order valence-corrected chi connectivity index (χ4v) is 2.43. The highest BCUT2D eigenvalue weighted by Gasteiger charge is 2.21. The van der Waals surface area contributed by atoms with Crippen LogP contribution in [0.4, 0.5) is 0 Å². The lowest BCUT2D eigenvalue weighted by atomic mass is 10.1. The standard InChI is InChI=1S/C16H19ClN2O4/c1-5-22-15(20)11-7-19-12(18-11)6-10(4)13(14(19)17)16(21)23-8-9(2)3/h6-7,9H,5,8H2,1-4H3. The largest absolute Gasteiger partial charge is 0.462 e. The van der Waals surface area contributed by atoms with Crippen molar-refractivity contribution >= 4 is 29.2 Å². The fraction of sp³-hybridized carbons (Fsp3) is 0.438. The van der Waals surface area contributed by atoms with E-state index in [1.165, 1.54) is 10.6 Å². The van der Waals surface area contributed by atoms with Gasteiger partial charge in [-0.1, -0.05) is 25.4 Å². The summed E-state index contributed by atoms with van der Waals surface area (Å²) in [6, 6.07) is 1.68. The lowest BCUT2D eigenvalue weighted by Gasteiger charge is -2.11. The molecule has 0 atom stereocenters. The molecule has 2 heterocycles. The van der Waals surface area contributed by atoms with Crippen LogP contribution in [0.2, 0.25) is 5.15 Å². The van der Waals surface area contributed by atoms with Crippen molar-refractivity contribution in [2.75, 3.05) is 13.2 Å². The average molecular weight is 339 g/mol. The number of esters is 2. The molecular weight excluding hydrogens is 320 g/mol. The van der Waals surface area contributed by atoms with Crippen LogP contribution in [0, 0.1) is 12.8 Å². The first kappa shape index (κ1) is 17.3. The second-order valence-corrected chi connectivity index (χ2v) is 5.92. The molecule has 6 nitrogen and oxygen atoms in total. The molecule has 0 N–H and O–H groups in total. The number of aromatic nitrogens is 2. The van der Waals surface area contributed by atoms with Crippen LogP contribution in [0.3, 0.4) is 0 Å². The number of pyridine rings is 1. The molecule has 23 heavy (non-hydrogen) atoms. The number of rotatable bonds is 5. The first-order chi connectivity index (χ1) is 10.8. The smallest absolute Gasteiger partial charge is 0.358 e. The monoisotopic (exact) mass is 338 g/mol. The number of halogens is 1. The van der Waals surface area contributed by atoms with Gasteiger partial charge in [-0.15, -0.1) is 0 Å². The van der Waals surface area contributed by atoms with Crippen molar-refractivity contribution in [3.8, 4) is 0 Å². The van der Waals surface area contributed by atoms with Crippen LogP contribution in [0.15, 0.2) is 12.3 Å². The minimum absolute atomic E-state index is 0.140. The predicted octanol–water partition coefficient (Wildman–Crippen LogP) is 3.29. The predicted molar refractivity (Wildman–Crippen MR) is 86.0 cm³/mol. The van der Waals surface area contributed by atoms with Crippen molar-refractivity contribution in [3.05, 3.63) is 34.2 Å². The van der Waals surface area contributed by atoms with Crippen LogP contribution in [0.5, 0.6) is 0 Å². The van der Waals surface area contributed by atoms with Gasteiger partial charge >= 0.3 is 11.9 Å². The van der Waals surface area contributed by atoms with E-state index in [0.29, 0.717) is 17.8 Å². The van der Waals surface area contributed by atoms with E-state index in [-0.39, 0.29) is 28.9 Å². The Morgan fingerprint density at radius 2 is 2.00 bits per heavy atom. The van der Waals surface area contributed by atoms with Crippen molar-refractivity contribution in [3.63, 3.8) is 0 Å². The van der Waals surface area contributed by atoms with E-state index >= 15 is 0 Å². The molecule has 0 unspecified atom stereocenters. The summed E-state index contributed by atoms with van der Waals surface area (Å²) in [5.74, 6) is -0.797. The van der Waals surface area contributed by atoms with Crippen molar-refractivity contribution in [2.24, 2.45) is 5.92 Å². The number of hydrogen-bond donors (Lipinski definition) is 0. The average Bonchev–Trinajstić information content (AvgIpc) is 2.89. The molecule has 7 heteroatoms. The molecule has 2 aromatic heterocycles. The zero-order chi connectivity index (χ0) is 17.1. The molecule has 0 aliphatic heterocycles. The number of fused-ring (bicyclic) bond motifs is 1. The molecule has 0 saturated carbocycles. The van der Waals surface area contributed by atoms with Crippen molar-refractivity contribution in [1.29, 1.82) is 0 Å². The maximum atomic E-state index is 12.2. The van der Waals surface area contributed by atoms with E-state index in [2.05, 4.69) is 4.98 Å². The van der Waals surface area contributed by atoms with Gasteiger partial charge in [0.25, 0.3) is 0 Å². The van der Waals surface area contributed by atoms with Gasteiger partial charge < -0.3 is 9.47 Å². The van der Waals surface area contributed by atoms with E-state index in [1.807, 2.05) is 13.8 Å². The molecule has 0 spiro atoms. The Morgan fingerprint density at radius 3 is 2.61 bits per heavy atom. The van der Waals surface area contributed by atoms with Crippen molar-refractivity contribution in [1.82, 2.24) is 9.38 Å². The normalized spacial score (nSPS) is 11.0. The summed E-state index contributed by atoms with van der Waals surface area (Å²) in [5.41, 5.74) is 1.52. The zero-order valence-electron chi connectivity index (χ0n) is 13.6. The van der Waals surface area contributed by atoms with Crippen molar-refractivity contribution < 1.29 is 19.1 Å². The first-order valence-electron chi connectivity index (χ1n) is 7.37. The summed E-state index contributed by atoms with van der Waals surface area (Å²) >= 11 is 6.32. The summed E-state index contributed by atoms with van der Waals surface area (Å²) in [4.78, 5) is 28.2. The molecule has 0 radical (unpaired) electrons. The van der Waals surface area contributed by atoms with Crippen LogP contribution in [-0.2, 0) is 9.47 Å². The highest BCUT2D eigenvalue weighted by atomic mass is 35.5. The summed E-state index contributed by atoms with van der Waals surface area (Å²) in [7, 11) is 0. The van der Waals surface area contributed by atoms with Gasteiger partial charge in [0.1, 0.15) is 10.8 Å². The third-order valence-electron chi connectivity index (χ3n) is 3.13. The minimum atomic E-state index is -0.533. The number of carbonyl (C=O) groups excluding carboxylic acids is 2. The topological polar surface area (TPSA) is 69.9 Å². The van der Waals surface area contributed by atoms with E-state index in [9.17, 15) is 9.59 Å². The van der Waals surface area contributed by atoms with Crippen LogP contribution >= 0.6 is 11.6 Å². The van der Waals surface area contributed by atoms with Gasteiger partial charge in [0.2, 0.25) is 0 Å². The lowest BCUT2D eigenvalue weighted by Crippen LogP contribution is -2.13. The van der Waals surface area contributed by atoms with E-state index in [1.54, 1.807) is 19.9 Å². The van der Waals surface area contributed by atoms with E-state index in [4.69, 9.17) is 21.1 Å². The molecule has 124 valence electrons. The summed E-state index contributed by atoms with van der Waals surface area (Å²) in [6.45, 7) is 7.93. The number of aryl methyl sites for hydroxylation is 1. The highest BCUT2D eigenvalue weighted by molar-refractivity contribution is 6.33. The summed E-state index contributed by atoms with van der Waals surface area (Å²) < 4.78 is 11.6. The Bertz CT molecular complexity index is 752. The first-order valence-corrected chi connectivity index (χ1v) is 7.75. The SMILES string of the molecule is CCOC(=O)c1cn2c(Cl)c(C(=O)OCC(C)C)c(C)cc2n1. The molecule has 0 aliphatic carbocycles. The molecule has 0 fully saturated rings. The van der Waals surface area contributed by atoms with Crippen molar-refractivity contribution in [2.45, 2.75) is 27.7 Å². The number of imidazole rings is 1. The second kappa shape index (κ2) is 7.00. The lowest BCUT2D eigenvalue weighted by molar-refractivity contribution is 0.0456. The van der Waals surface area contributed by atoms with Gasteiger partial charge in [-0.05, 0) is 31.4 Å². The number of ether oxygens (including phenoxy) is 2. The van der Waals surface area contributed by atoms with Gasteiger partial charge in [-0.25, -0.2) is 14.6 Å². The quantitative estimate of drug-likeness (QED) is 0.618. The third kappa shape index (κ3) is 3.64. The molecule has 0 aliphatic rings. The minimum Gasteiger partial charge on any atom is -0.462 e. The third-order valence-corrected chi connectivity index (χ3v) is 3.50. The maximum Gasteiger partial charge on any atom is 0.358 e. The maximum absolute atomic E-state index is 12.2. The van der Waals surface area contributed by atoms with Gasteiger partial charge in [0.15, 0.2) is 5.69 Å². The van der Waals surface area contributed by atoms with E-state index < -0.39 is 11.9 Å². The number of nitrogens with zero attached hydrogens (tertiary/aromatic N) is 2. The molecule has 2 aromatic rings. The number of carbonyl (C=O) groups is 2.